The minimum absolute atomic E-state index is 0.0870. The third-order valence-corrected chi connectivity index (χ3v) is 11.9. The summed E-state index contributed by atoms with van der Waals surface area (Å²) in [4.78, 5) is 51.0. The van der Waals surface area contributed by atoms with Crippen LogP contribution in [0.25, 0.3) is 6.08 Å². The highest BCUT2D eigenvalue weighted by molar-refractivity contribution is 5.96. The molecule has 1 spiro atoms. The van der Waals surface area contributed by atoms with E-state index >= 15 is 4.79 Å². The normalized spacial score (nSPS) is 30.8. The summed E-state index contributed by atoms with van der Waals surface area (Å²) in [5.41, 5.74) is 3.56. The topological polar surface area (TPSA) is 147 Å². The van der Waals surface area contributed by atoms with E-state index in [1.807, 2.05) is 60.7 Å². The molecule has 53 heavy (non-hydrogen) atoms. The van der Waals surface area contributed by atoms with Crippen LogP contribution in [0.5, 0.6) is 5.75 Å². The van der Waals surface area contributed by atoms with Gasteiger partial charge in [0, 0.05) is 32.4 Å². The summed E-state index contributed by atoms with van der Waals surface area (Å²) < 4.78 is 19.8. The van der Waals surface area contributed by atoms with Gasteiger partial charge in [0.05, 0.1) is 13.2 Å². The van der Waals surface area contributed by atoms with Crippen LogP contribution in [0.15, 0.2) is 78.9 Å². The Hall–Kier alpha value is -4.59. The molecule has 3 aromatic rings. The van der Waals surface area contributed by atoms with E-state index in [0.717, 1.165) is 27.8 Å². The number of allylic oxidation sites excluding steroid dienone is 1. The van der Waals surface area contributed by atoms with Crippen molar-refractivity contribution in [2.45, 2.75) is 87.4 Å². The number of ether oxygens (including phenoxy) is 3. The molecule has 5 fully saturated rings. The molecular weight excluding hydrogens is 678 g/mol. The van der Waals surface area contributed by atoms with Gasteiger partial charge in [0.15, 0.2) is 11.8 Å². The molecule has 2 aliphatic carbocycles. The van der Waals surface area contributed by atoms with Crippen LogP contribution in [-0.4, -0.2) is 99.9 Å². The van der Waals surface area contributed by atoms with Crippen molar-refractivity contribution in [3.63, 3.8) is 0 Å². The van der Waals surface area contributed by atoms with E-state index < -0.39 is 53.7 Å². The van der Waals surface area contributed by atoms with Crippen LogP contribution in [-0.2, 0) is 59.2 Å². The number of likely N-dealkylation sites (tertiary alicyclic amines) is 1. The number of hydrogen-bond acceptors (Lipinski definition) is 10. The molecule has 7 atom stereocenters. The molecule has 2 amide bonds. The van der Waals surface area contributed by atoms with E-state index in [1.165, 1.54) is 0 Å². The standard InChI is InChI=1S/C41H43N3O9/c45-20-18-42-37(47)30-12-6-19-43(30)39(49)41-23-32-33-34(52-40(51-33)21-28-9-1-2-10-29(28)22-40)36(41)53-44(35(41)38(48)50-32)24-26-16-14-25(15-17-26)7-5-11-27-8-3-4-13-31(27)46/h1-5,7-10,13-17,30,32-36,45-46H,6,11-12,18-24H2,(H,42,47)/t30-,32-,33+,34+,35+,36-,41+/m1/s1. The van der Waals surface area contributed by atoms with E-state index in [4.69, 9.17) is 19.0 Å². The first-order valence-corrected chi connectivity index (χ1v) is 18.6. The third kappa shape index (κ3) is 5.75. The maximum absolute atomic E-state index is 15.1. The van der Waals surface area contributed by atoms with Crippen LogP contribution in [0.2, 0.25) is 0 Å². The summed E-state index contributed by atoms with van der Waals surface area (Å²) in [7, 11) is 0. The summed E-state index contributed by atoms with van der Waals surface area (Å²) in [5.74, 6) is -1.91. The predicted molar refractivity (Wildman–Crippen MR) is 190 cm³/mol. The van der Waals surface area contributed by atoms with Gasteiger partial charge in [-0.1, -0.05) is 78.9 Å². The lowest BCUT2D eigenvalue weighted by molar-refractivity contribution is -0.218. The van der Waals surface area contributed by atoms with E-state index in [0.29, 0.717) is 38.6 Å². The van der Waals surface area contributed by atoms with Gasteiger partial charge in [-0.25, -0.2) is 0 Å². The van der Waals surface area contributed by atoms with Gasteiger partial charge >= 0.3 is 5.97 Å². The molecule has 3 N–H and O–H groups in total. The maximum Gasteiger partial charge on any atom is 0.327 e. The van der Waals surface area contributed by atoms with Crippen LogP contribution < -0.4 is 5.32 Å². The molecular formula is C41H43N3O9. The van der Waals surface area contributed by atoms with Gasteiger partial charge in [-0.15, -0.1) is 0 Å². The highest BCUT2D eigenvalue weighted by atomic mass is 16.8. The molecule has 1 saturated carbocycles. The van der Waals surface area contributed by atoms with Crippen molar-refractivity contribution >= 4 is 23.9 Å². The van der Waals surface area contributed by atoms with Crippen molar-refractivity contribution in [2.75, 3.05) is 19.7 Å². The Bertz CT molecular complexity index is 1930. The Balaban J connectivity index is 1.02. The Morgan fingerprint density at radius 1 is 0.962 bits per heavy atom. The fourth-order valence-corrected chi connectivity index (χ4v) is 9.51. The molecule has 0 aromatic heterocycles. The molecule has 12 heteroatoms. The number of carbonyl (C=O) groups excluding carboxylic acids is 3. The van der Waals surface area contributed by atoms with Crippen molar-refractivity contribution in [1.82, 2.24) is 15.3 Å². The Morgan fingerprint density at radius 3 is 2.45 bits per heavy atom. The number of benzene rings is 3. The Morgan fingerprint density at radius 2 is 1.70 bits per heavy atom. The molecule has 6 aliphatic rings. The Labute approximate surface area is 307 Å². The van der Waals surface area contributed by atoms with Crippen molar-refractivity contribution < 1.29 is 43.6 Å². The second kappa shape index (κ2) is 13.4. The zero-order valence-corrected chi connectivity index (χ0v) is 29.3. The minimum atomic E-state index is -1.38. The summed E-state index contributed by atoms with van der Waals surface area (Å²) >= 11 is 0. The number of hydroxylamine groups is 2. The fraction of sp³-hybridized carbons (Fsp3) is 0.439. The zero-order chi connectivity index (χ0) is 36.3. The number of amides is 2. The average molecular weight is 722 g/mol. The molecule has 4 aliphatic heterocycles. The van der Waals surface area contributed by atoms with Crippen LogP contribution >= 0.6 is 0 Å². The van der Waals surface area contributed by atoms with Gasteiger partial charge in [0.25, 0.3) is 0 Å². The number of fused-ring (bicyclic) bond motifs is 5. The van der Waals surface area contributed by atoms with Crippen molar-refractivity contribution in [1.29, 1.82) is 0 Å². The number of aliphatic hydroxyl groups excluding tert-OH is 1. The number of aliphatic hydroxyl groups is 1. The first-order valence-electron chi connectivity index (χ1n) is 18.6. The molecule has 4 heterocycles. The van der Waals surface area contributed by atoms with Gasteiger partial charge < -0.3 is 34.6 Å². The molecule has 12 nitrogen and oxygen atoms in total. The lowest BCUT2D eigenvalue weighted by Gasteiger charge is -2.50. The number of nitrogens with one attached hydrogen (secondary N) is 1. The van der Waals surface area contributed by atoms with Crippen LogP contribution in [0.3, 0.4) is 0 Å². The van der Waals surface area contributed by atoms with Gasteiger partial charge in [0.2, 0.25) is 11.8 Å². The number of para-hydroxylation sites is 1. The number of phenols is 1. The molecule has 2 bridgehead atoms. The number of aromatic hydroxyl groups is 1. The number of hydrogen-bond donors (Lipinski definition) is 3. The number of carbonyl (C=O) groups is 3. The molecule has 4 saturated heterocycles. The van der Waals surface area contributed by atoms with E-state index in [9.17, 15) is 19.8 Å². The zero-order valence-electron chi connectivity index (χ0n) is 29.3. The average Bonchev–Trinajstić information content (AvgIpc) is 3.95. The second-order valence-corrected chi connectivity index (χ2v) is 15.1. The monoisotopic (exact) mass is 721 g/mol. The van der Waals surface area contributed by atoms with E-state index in [1.54, 1.807) is 22.1 Å². The minimum Gasteiger partial charge on any atom is -0.508 e. The second-order valence-electron chi connectivity index (χ2n) is 15.1. The SMILES string of the molecule is O=C(NCCO)[C@H]1CCCN1C(=O)[C@@]12C[C@H]3OC(=O)[C@@H]1N(Cc1ccc(C=CCc4ccccc4O)cc1)O[C@@H]2[C@H]1OC2(Cc4ccccc4C2)O[C@H]13. The van der Waals surface area contributed by atoms with Gasteiger partial charge in [-0.05, 0) is 53.1 Å². The molecule has 0 unspecified atom stereocenters. The summed E-state index contributed by atoms with van der Waals surface area (Å²) in [6.45, 7) is 0.440. The summed E-state index contributed by atoms with van der Waals surface area (Å²) in [5, 5.41) is 23.8. The quantitative estimate of drug-likeness (QED) is 0.282. The van der Waals surface area contributed by atoms with Gasteiger partial charge in [-0.2, -0.15) is 5.06 Å². The first kappa shape index (κ1) is 34.2. The van der Waals surface area contributed by atoms with E-state index in [2.05, 4.69) is 17.4 Å². The highest BCUT2D eigenvalue weighted by Gasteiger charge is 2.77. The first-order chi connectivity index (χ1) is 25.8. The van der Waals surface area contributed by atoms with Crippen molar-refractivity contribution in [3.8, 4) is 5.75 Å². The predicted octanol–water partition coefficient (Wildman–Crippen LogP) is 2.83. The summed E-state index contributed by atoms with van der Waals surface area (Å²) in [6.07, 6.45) is 3.99. The molecule has 9 rings (SSSR count). The van der Waals surface area contributed by atoms with Crippen molar-refractivity contribution in [2.24, 2.45) is 5.41 Å². The number of esters is 1. The summed E-state index contributed by atoms with van der Waals surface area (Å²) in [6, 6.07) is 21.4. The van der Waals surface area contributed by atoms with Gasteiger partial charge in [0.1, 0.15) is 41.6 Å². The van der Waals surface area contributed by atoms with Crippen LogP contribution in [0, 0.1) is 5.41 Å². The lowest BCUT2D eigenvalue weighted by Crippen LogP contribution is -2.70. The lowest BCUT2D eigenvalue weighted by atomic mass is 9.62. The van der Waals surface area contributed by atoms with Crippen LogP contribution in [0.1, 0.15) is 47.1 Å². The molecule has 3 aromatic carbocycles. The number of rotatable bonds is 9. The highest BCUT2D eigenvalue weighted by Crippen LogP contribution is 2.59. The number of phenolic OH excluding ortho intramolecular Hbond substituents is 1. The molecule has 276 valence electrons. The fourth-order valence-electron chi connectivity index (χ4n) is 9.51. The van der Waals surface area contributed by atoms with Gasteiger partial charge in [-0.3, -0.25) is 19.2 Å². The third-order valence-electron chi connectivity index (χ3n) is 11.9. The van der Waals surface area contributed by atoms with Crippen LogP contribution in [0.4, 0.5) is 0 Å². The maximum atomic E-state index is 15.1. The largest absolute Gasteiger partial charge is 0.508 e. The van der Waals surface area contributed by atoms with E-state index in [-0.39, 0.29) is 43.7 Å². The number of nitrogens with zero attached hydrogens (tertiary/aromatic N) is 2. The molecule has 0 radical (unpaired) electrons. The Kier molecular flexibility index (Phi) is 8.62. The smallest absolute Gasteiger partial charge is 0.327 e. The van der Waals surface area contributed by atoms with Crippen molar-refractivity contribution in [3.05, 3.63) is 107 Å².